The van der Waals surface area contributed by atoms with Crippen LogP contribution in [-0.4, -0.2) is 43.7 Å². The Kier molecular flexibility index (Phi) is 5.81. The first-order chi connectivity index (χ1) is 9.20. The molecule has 1 amide bonds. The third-order valence-electron chi connectivity index (χ3n) is 3.36. The van der Waals surface area contributed by atoms with Crippen molar-refractivity contribution in [2.75, 3.05) is 26.8 Å². The van der Waals surface area contributed by atoms with Gasteiger partial charge in [-0.3, -0.25) is 4.79 Å². The van der Waals surface area contributed by atoms with E-state index in [0.717, 1.165) is 32.5 Å². The average molecular weight is 347 g/mol. The van der Waals surface area contributed by atoms with E-state index < -0.39 is 0 Å². The Bertz CT molecular complexity index is 417. The lowest BCUT2D eigenvalue weighted by atomic mass is 10.1. The number of amides is 1. The normalized spacial score (nSPS) is 16.8. The summed E-state index contributed by atoms with van der Waals surface area (Å²) in [6.07, 6.45) is 2.02. The highest BCUT2D eigenvalue weighted by molar-refractivity contribution is 9.10. The van der Waals surface area contributed by atoms with Crippen LogP contribution in [0.15, 0.2) is 15.9 Å². The van der Waals surface area contributed by atoms with E-state index in [1.54, 1.807) is 18.4 Å². The Morgan fingerprint density at radius 2 is 2.32 bits per heavy atom. The summed E-state index contributed by atoms with van der Waals surface area (Å²) >= 11 is 5.30. The average Bonchev–Trinajstić information content (AvgIpc) is 2.83. The smallest absolute Gasteiger partial charge is 0.248 e. The predicted molar refractivity (Wildman–Crippen MR) is 80.3 cm³/mol. The van der Waals surface area contributed by atoms with Gasteiger partial charge in [-0.2, -0.15) is 0 Å². The van der Waals surface area contributed by atoms with Crippen molar-refractivity contribution >= 4 is 33.2 Å². The number of halogens is 1. The van der Waals surface area contributed by atoms with Gasteiger partial charge in [-0.25, -0.2) is 0 Å². The lowest BCUT2D eigenvalue weighted by molar-refractivity contribution is -0.136. The molecule has 1 aromatic rings. The molecular weight excluding hydrogens is 328 g/mol. The van der Waals surface area contributed by atoms with Crippen LogP contribution in [0.1, 0.15) is 17.7 Å². The Labute approximate surface area is 126 Å². The Morgan fingerprint density at radius 1 is 1.58 bits per heavy atom. The van der Waals surface area contributed by atoms with Crippen LogP contribution in [0, 0.1) is 0 Å². The van der Waals surface area contributed by atoms with Gasteiger partial charge in [-0.05, 0) is 40.2 Å². The van der Waals surface area contributed by atoms with E-state index in [9.17, 15) is 4.79 Å². The summed E-state index contributed by atoms with van der Waals surface area (Å²) in [5.41, 5.74) is 0. The first kappa shape index (κ1) is 15.0. The van der Waals surface area contributed by atoms with Crippen molar-refractivity contribution in [1.29, 1.82) is 0 Å². The molecular formula is C13H19BrN2O2S. The van der Waals surface area contributed by atoms with Crippen molar-refractivity contribution in [3.05, 3.63) is 20.8 Å². The lowest BCUT2D eigenvalue weighted by Crippen LogP contribution is -2.45. The largest absolute Gasteiger partial charge is 0.375 e. The molecule has 0 spiro atoms. The van der Waals surface area contributed by atoms with Gasteiger partial charge in [0.1, 0.15) is 6.61 Å². The maximum Gasteiger partial charge on any atom is 0.248 e. The number of hydrogen-bond acceptors (Lipinski definition) is 4. The van der Waals surface area contributed by atoms with E-state index >= 15 is 0 Å². The minimum Gasteiger partial charge on any atom is -0.375 e. The molecule has 2 rings (SSSR count). The maximum absolute atomic E-state index is 11.7. The molecule has 1 aromatic heterocycles. The second kappa shape index (κ2) is 7.38. The zero-order chi connectivity index (χ0) is 13.7. The summed E-state index contributed by atoms with van der Waals surface area (Å²) in [5, 5.41) is 5.66. The lowest BCUT2D eigenvalue weighted by Gasteiger charge is -2.32. The quantitative estimate of drug-likeness (QED) is 0.888. The molecule has 0 saturated carbocycles. The van der Waals surface area contributed by atoms with Gasteiger partial charge in [0.2, 0.25) is 5.91 Å². The van der Waals surface area contributed by atoms with Gasteiger partial charge in [0.15, 0.2) is 0 Å². The van der Waals surface area contributed by atoms with Crippen molar-refractivity contribution in [1.82, 2.24) is 10.2 Å². The third kappa shape index (κ3) is 4.27. The SMILES string of the molecule is COCC(=O)N1CCC(NCc2sccc2Br)CC1. The topological polar surface area (TPSA) is 41.6 Å². The molecule has 2 heterocycles. The molecule has 0 bridgehead atoms. The fourth-order valence-corrected chi connectivity index (χ4v) is 3.68. The fraction of sp³-hybridized carbons (Fsp3) is 0.615. The summed E-state index contributed by atoms with van der Waals surface area (Å²) in [6.45, 7) is 2.74. The molecule has 6 heteroatoms. The molecule has 0 aliphatic carbocycles. The van der Waals surface area contributed by atoms with Gasteiger partial charge >= 0.3 is 0 Å². The van der Waals surface area contributed by atoms with Crippen molar-refractivity contribution in [2.45, 2.75) is 25.4 Å². The summed E-state index contributed by atoms with van der Waals surface area (Å²) in [5.74, 6) is 0.0990. The highest BCUT2D eigenvalue weighted by atomic mass is 79.9. The third-order valence-corrected chi connectivity index (χ3v) is 5.28. The summed E-state index contributed by atoms with van der Waals surface area (Å²) < 4.78 is 6.06. The molecule has 19 heavy (non-hydrogen) atoms. The number of ether oxygens (including phenoxy) is 1. The van der Waals surface area contributed by atoms with Gasteiger partial charge in [0.25, 0.3) is 0 Å². The van der Waals surface area contributed by atoms with E-state index in [4.69, 9.17) is 4.74 Å². The van der Waals surface area contributed by atoms with Gasteiger partial charge < -0.3 is 15.0 Å². The molecule has 4 nitrogen and oxygen atoms in total. The predicted octanol–water partition coefficient (Wildman–Crippen LogP) is 2.24. The zero-order valence-corrected chi connectivity index (χ0v) is 13.4. The van der Waals surface area contributed by atoms with Crippen LogP contribution in [0.5, 0.6) is 0 Å². The number of hydrogen-bond donors (Lipinski definition) is 1. The second-order valence-corrected chi connectivity index (χ2v) is 6.52. The Balaban J connectivity index is 1.72. The van der Waals surface area contributed by atoms with E-state index in [0.29, 0.717) is 6.04 Å². The summed E-state index contributed by atoms with van der Waals surface area (Å²) in [7, 11) is 1.56. The minimum absolute atomic E-state index is 0.0990. The van der Waals surface area contributed by atoms with Crippen molar-refractivity contribution in [3.8, 4) is 0 Å². The van der Waals surface area contributed by atoms with Gasteiger partial charge in [-0.1, -0.05) is 0 Å². The van der Waals surface area contributed by atoms with Gasteiger partial charge in [0.05, 0.1) is 0 Å². The molecule has 1 fully saturated rings. The number of likely N-dealkylation sites (tertiary alicyclic amines) is 1. The number of carbonyl (C=O) groups is 1. The molecule has 106 valence electrons. The molecule has 1 N–H and O–H groups in total. The highest BCUT2D eigenvalue weighted by Crippen LogP contribution is 2.23. The number of rotatable bonds is 5. The van der Waals surface area contributed by atoms with E-state index in [1.807, 2.05) is 4.90 Å². The molecule has 0 aromatic carbocycles. The Morgan fingerprint density at radius 3 is 2.89 bits per heavy atom. The Hall–Kier alpha value is -0.430. The maximum atomic E-state index is 11.7. The van der Waals surface area contributed by atoms with Crippen molar-refractivity contribution in [2.24, 2.45) is 0 Å². The number of piperidine rings is 1. The molecule has 0 unspecified atom stereocenters. The van der Waals surface area contributed by atoms with Crippen LogP contribution in [0.2, 0.25) is 0 Å². The summed E-state index contributed by atoms with van der Waals surface area (Å²) in [6, 6.07) is 2.58. The first-order valence-electron chi connectivity index (χ1n) is 6.42. The van der Waals surface area contributed by atoms with Crippen LogP contribution in [-0.2, 0) is 16.1 Å². The minimum atomic E-state index is 0.0990. The molecule has 0 atom stereocenters. The van der Waals surface area contributed by atoms with Gasteiger partial charge in [-0.15, -0.1) is 11.3 Å². The molecule has 1 aliphatic rings. The number of nitrogens with one attached hydrogen (secondary N) is 1. The van der Waals surface area contributed by atoms with Crippen LogP contribution >= 0.6 is 27.3 Å². The zero-order valence-electron chi connectivity index (χ0n) is 11.0. The molecule has 1 saturated heterocycles. The number of carbonyl (C=O) groups excluding carboxylic acids is 1. The molecule has 1 aliphatic heterocycles. The van der Waals surface area contributed by atoms with E-state index in [-0.39, 0.29) is 12.5 Å². The molecule has 0 radical (unpaired) electrons. The van der Waals surface area contributed by atoms with Gasteiger partial charge in [0, 0.05) is 42.1 Å². The second-order valence-electron chi connectivity index (χ2n) is 4.66. The monoisotopic (exact) mass is 346 g/mol. The van der Waals surface area contributed by atoms with Crippen LogP contribution in [0.4, 0.5) is 0 Å². The number of methoxy groups -OCH3 is 1. The van der Waals surface area contributed by atoms with Crippen LogP contribution in [0.3, 0.4) is 0 Å². The van der Waals surface area contributed by atoms with E-state index in [2.05, 4.69) is 32.7 Å². The van der Waals surface area contributed by atoms with Crippen molar-refractivity contribution in [3.63, 3.8) is 0 Å². The van der Waals surface area contributed by atoms with Crippen molar-refractivity contribution < 1.29 is 9.53 Å². The standard InChI is InChI=1S/C13H19BrN2O2S/c1-18-9-13(17)16-5-2-10(3-6-16)15-8-12-11(14)4-7-19-12/h4,7,10,15H,2-3,5-6,8-9H2,1H3. The summed E-state index contributed by atoms with van der Waals surface area (Å²) in [4.78, 5) is 14.9. The fourth-order valence-electron chi connectivity index (χ4n) is 2.24. The highest BCUT2D eigenvalue weighted by Gasteiger charge is 2.22. The van der Waals surface area contributed by atoms with E-state index in [1.165, 1.54) is 9.35 Å². The number of thiophene rings is 1. The van der Waals surface area contributed by atoms with Crippen LogP contribution < -0.4 is 5.32 Å². The van der Waals surface area contributed by atoms with Crippen LogP contribution in [0.25, 0.3) is 0 Å². The first-order valence-corrected chi connectivity index (χ1v) is 8.10. The number of nitrogens with zero attached hydrogens (tertiary/aromatic N) is 1.